The Morgan fingerprint density at radius 3 is 2.24 bits per heavy atom. The number of nitrogens with one attached hydrogen (secondary N) is 1. The number of rotatable bonds is 3. The van der Waals surface area contributed by atoms with Crippen LogP contribution in [0, 0.1) is 23.5 Å². The van der Waals surface area contributed by atoms with Crippen molar-refractivity contribution in [2.75, 3.05) is 11.9 Å². The van der Waals surface area contributed by atoms with E-state index in [0.29, 0.717) is 11.6 Å². The van der Waals surface area contributed by atoms with Gasteiger partial charge in [-0.1, -0.05) is 19.8 Å². The van der Waals surface area contributed by atoms with Crippen LogP contribution in [0.25, 0.3) is 0 Å². The molecule has 0 aliphatic heterocycles. The SMILES string of the molecule is CC1CCC(CNc2cc(F)cc(F)c2)CC1. The molecule has 1 fully saturated rings. The number of halogens is 2. The first kappa shape index (κ1) is 12.3. The molecule has 0 spiro atoms. The minimum Gasteiger partial charge on any atom is -0.385 e. The van der Waals surface area contributed by atoms with Crippen LogP contribution in [0.4, 0.5) is 14.5 Å². The Kier molecular flexibility index (Phi) is 3.97. The molecule has 1 N–H and O–H groups in total. The van der Waals surface area contributed by atoms with Gasteiger partial charge in [-0.2, -0.15) is 0 Å². The summed E-state index contributed by atoms with van der Waals surface area (Å²) in [6.45, 7) is 3.10. The summed E-state index contributed by atoms with van der Waals surface area (Å²) in [6, 6.07) is 3.58. The molecule has 0 saturated heterocycles. The third-order valence-corrected chi connectivity index (χ3v) is 3.59. The van der Waals surface area contributed by atoms with Gasteiger partial charge in [0.05, 0.1) is 0 Å². The number of benzene rings is 1. The van der Waals surface area contributed by atoms with E-state index in [2.05, 4.69) is 12.2 Å². The summed E-state index contributed by atoms with van der Waals surface area (Å²) in [5.41, 5.74) is 0.543. The molecular formula is C14H19F2N. The third-order valence-electron chi connectivity index (χ3n) is 3.59. The maximum Gasteiger partial charge on any atom is 0.128 e. The van der Waals surface area contributed by atoms with E-state index in [1.807, 2.05) is 0 Å². The minimum atomic E-state index is -0.523. The molecule has 1 aromatic rings. The zero-order valence-electron chi connectivity index (χ0n) is 10.2. The van der Waals surface area contributed by atoms with Crippen molar-refractivity contribution < 1.29 is 8.78 Å². The van der Waals surface area contributed by atoms with Crippen molar-refractivity contribution in [3.8, 4) is 0 Å². The highest BCUT2D eigenvalue weighted by molar-refractivity contribution is 5.43. The van der Waals surface area contributed by atoms with Gasteiger partial charge in [-0.15, -0.1) is 0 Å². The lowest BCUT2D eigenvalue weighted by molar-refractivity contribution is 0.300. The highest BCUT2D eigenvalue weighted by Gasteiger charge is 2.17. The summed E-state index contributed by atoms with van der Waals surface area (Å²) < 4.78 is 25.9. The standard InChI is InChI=1S/C14H19F2N/c1-10-2-4-11(5-3-10)9-17-14-7-12(15)6-13(16)8-14/h6-8,10-11,17H,2-5,9H2,1H3. The maximum absolute atomic E-state index is 13.0. The van der Waals surface area contributed by atoms with Gasteiger partial charge < -0.3 is 5.32 Å². The van der Waals surface area contributed by atoms with Gasteiger partial charge in [0.25, 0.3) is 0 Å². The van der Waals surface area contributed by atoms with E-state index in [4.69, 9.17) is 0 Å². The second kappa shape index (κ2) is 5.48. The summed E-state index contributed by atoms with van der Waals surface area (Å²) in [5, 5.41) is 3.13. The van der Waals surface area contributed by atoms with Crippen LogP contribution in [-0.2, 0) is 0 Å². The molecule has 0 atom stereocenters. The van der Waals surface area contributed by atoms with Crippen LogP contribution in [0.5, 0.6) is 0 Å². The van der Waals surface area contributed by atoms with Crippen molar-refractivity contribution in [3.63, 3.8) is 0 Å². The fourth-order valence-electron chi connectivity index (χ4n) is 2.45. The first-order valence-corrected chi connectivity index (χ1v) is 6.33. The van der Waals surface area contributed by atoms with Crippen LogP contribution in [0.1, 0.15) is 32.6 Å². The van der Waals surface area contributed by atoms with Crippen molar-refractivity contribution in [2.24, 2.45) is 11.8 Å². The summed E-state index contributed by atoms with van der Waals surface area (Å²) in [4.78, 5) is 0. The summed E-state index contributed by atoms with van der Waals surface area (Å²) >= 11 is 0. The monoisotopic (exact) mass is 239 g/mol. The lowest BCUT2D eigenvalue weighted by Gasteiger charge is -2.26. The van der Waals surface area contributed by atoms with E-state index >= 15 is 0 Å². The van der Waals surface area contributed by atoms with Crippen LogP contribution in [0.3, 0.4) is 0 Å². The van der Waals surface area contributed by atoms with Gasteiger partial charge in [0.2, 0.25) is 0 Å². The van der Waals surface area contributed by atoms with Crippen molar-refractivity contribution >= 4 is 5.69 Å². The Morgan fingerprint density at radius 1 is 1.06 bits per heavy atom. The molecule has 1 saturated carbocycles. The molecule has 0 heterocycles. The summed E-state index contributed by atoms with van der Waals surface area (Å²) in [6.07, 6.45) is 4.96. The van der Waals surface area contributed by atoms with Gasteiger partial charge in [-0.25, -0.2) is 8.78 Å². The lowest BCUT2D eigenvalue weighted by Crippen LogP contribution is -2.20. The van der Waals surface area contributed by atoms with Crippen molar-refractivity contribution in [2.45, 2.75) is 32.6 Å². The molecule has 3 heteroatoms. The van der Waals surface area contributed by atoms with Gasteiger partial charge in [-0.3, -0.25) is 0 Å². The molecule has 0 unspecified atom stereocenters. The summed E-state index contributed by atoms with van der Waals surface area (Å²) in [7, 11) is 0. The highest BCUT2D eigenvalue weighted by Crippen LogP contribution is 2.28. The predicted octanol–water partition coefficient (Wildman–Crippen LogP) is 4.20. The second-order valence-corrected chi connectivity index (χ2v) is 5.16. The number of hydrogen-bond acceptors (Lipinski definition) is 1. The Morgan fingerprint density at radius 2 is 1.65 bits per heavy atom. The first-order chi connectivity index (χ1) is 8.13. The van der Waals surface area contributed by atoms with Crippen LogP contribution in [0.15, 0.2) is 18.2 Å². The number of hydrogen-bond donors (Lipinski definition) is 1. The largest absolute Gasteiger partial charge is 0.385 e. The Labute approximate surface area is 101 Å². The molecule has 1 aliphatic carbocycles. The summed E-state index contributed by atoms with van der Waals surface area (Å²) in [5.74, 6) is 0.421. The number of anilines is 1. The zero-order chi connectivity index (χ0) is 12.3. The van der Waals surface area contributed by atoms with E-state index in [0.717, 1.165) is 18.5 Å². The average molecular weight is 239 g/mol. The zero-order valence-corrected chi connectivity index (χ0v) is 10.2. The molecule has 0 radical (unpaired) electrons. The van der Waals surface area contributed by atoms with Crippen LogP contribution >= 0.6 is 0 Å². The van der Waals surface area contributed by atoms with E-state index in [1.165, 1.54) is 37.8 Å². The van der Waals surface area contributed by atoms with E-state index in [-0.39, 0.29) is 0 Å². The smallest absolute Gasteiger partial charge is 0.128 e. The second-order valence-electron chi connectivity index (χ2n) is 5.16. The molecule has 1 nitrogen and oxygen atoms in total. The fraction of sp³-hybridized carbons (Fsp3) is 0.571. The normalized spacial score (nSPS) is 24.6. The van der Waals surface area contributed by atoms with Crippen molar-refractivity contribution in [3.05, 3.63) is 29.8 Å². The van der Waals surface area contributed by atoms with Crippen LogP contribution in [-0.4, -0.2) is 6.54 Å². The van der Waals surface area contributed by atoms with Gasteiger partial charge >= 0.3 is 0 Å². The highest BCUT2D eigenvalue weighted by atomic mass is 19.1. The molecule has 0 aromatic heterocycles. The molecule has 0 amide bonds. The van der Waals surface area contributed by atoms with Crippen LogP contribution < -0.4 is 5.32 Å². The van der Waals surface area contributed by atoms with Gasteiger partial charge in [-0.05, 0) is 36.8 Å². The Bertz CT molecular complexity index is 350. The van der Waals surface area contributed by atoms with E-state index in [1.54, 1.807) is 0 Å². The fourth-order valence-corrected chi connectivity index (χ4v) is 2.45. The van der Waals surface area contributed by atoms with Gasteiger partial charge in [0, 0.05) is 18.3 Å². The van der Waals surface area contributed by atoms with E-state index < -0.39 is 11.6 Å². The maximum atomic E-state index is 13.0. The van der Waals surface area contributed by atoms with Crippen molar-refractivity contribution in [1.82, 2.24) is 0 Å². The minimum absolute atomic E-state index is 0.523. The lowest BCUT2D eigenvalue weighted by atomic mass is 9.83. The Balaban J connectivity index is 1.85. The molecule has 2 rings (SSSR count). The topological polar surface area (TPSA) is 12.0 Å². The average Bonchev–Trinajstić information content (AvgIpc) is 2.27. The first-order valence-electron chi connectivity index (χ1n) is 6.33. The molecule has 1 aliphatic rings. The van der Waals surface area contributed by atoms with Gasteiger partial charge in [0.1, 0.15) is 11.6 Å². The molecule has 17 heavy (non-hydrogen) atoms. The van der Waals surface area contributed by atoms with E-state index in [9.17, 15) is 8.78 Å². The molecule has 0 bridgehead atoms. The molecule has 1 aromatic carbocycles. The predicted molar refractivity (Wildman–Crippen MR) is 66.0 cm³/mol. The van der Waals surface area contributed by atoms with Crippen LogP contribution in [0.2, 0.25) is 0 Å². The third kappa shape index (κ3) is 3.69. The Hall–Kier alpha value is -1.12. The van der Waals surface area contributed by atoms with Gasteiger partial charge in [0.15, 0.2) is 0 Å². The van der Waals surface area contributed by atoms with Crippen molar-refractivity contribution in [1.29, 1.82) is 0 Å². The quantitative estimate of drug-likeness (QED) is 0.833. The molecular weight excluding hydrogens is 220 g/mol. The molecule has 94 valence electrons.